The van der Waals surface area contributed by atoms with Crippen LogP contribution in [0.25, 0.3) is 0 Å². The van der Waals surface area contributed by atoms with E-state index in [-0.39, 0.29) is 11.8 Å². The number of likely N-dealkylation sites (tertiary alicyclic amines) is 1. The molecular weight excluding hydrogens is 419 g/mol. The second-order valence-corrected chi connectivity index (χ2v) is 8.40. The number of benzene rings is 2. The fourth-order valence-electron chi connectivity index (χ4n) is 4.71. The number of aromatic nitrogens is 3. The van der Waals surface area contributed by atoms with Crippen molar-refractivity contribution in [2.45, 2.75) is 31.6 Å². The lowest BCUT2D eigenvalue weighted by Gasteiger charge is -2.25. The van der Waals surface area contributed by atoms with Gasteiger partial charge in [0.1, 0.15) is 5.82 Å². The molecule has 6 nitrogen and oxygen atoms in total. The van der Waals surface area contributed by atoms with Crippen molar-refractivity contribution in [1.29, 1.82) is 0 Å². The first-order valence-electron chi connectivity index (χ1n) is 10.6. The highest BCUT2D eigenvalue weighted by Gasteiger charge is 2.41. The second-order valence-electron chi connectivity index (χ2n) is 8.40. The van der Waals surface area contributed by atoms with Crippen molar-refractivity contribution >= 4 is 11.6 Å². The van der Waals surface area contributed by atoms with Gasteiger partial charge in [-0.2, -0.15) is 13.2 Å². The Morgan fingerprint density at radius 2 is 1.78 bits per heavy atom. The zero-order chi connectivity index (χ0) is 22.3. The van der Waals surface area contributed by atoms with Crippen LogP contribution in [0.3, 0.4) is 0 Å². The van der Waals surface area contributed by atoms with Gasteiger partial charge in [0.25, 0.3) is 5.91 Å². The van der Waals surface area contributed by atoms with Gasteiger partial charge in [-0.1, -0.05) is 30.3 Å². The summed E-state index contributed by atoms with van der Waals surface area (Å²) in [5.41, 5.74) is 0.916. The first-order chi connectivity index (χ1) is 15.4. The Labute approximate surface area is 183 Å². The summed E-state index contributed by atoms with van der Waals surface area (Å²) in [6.45, 7) is 2.85. The van der Waals surface area contributed by atoms with Crippen LogP contribution < -0.4 is 5.32 Å². The number of amides is 1. The van der Waals surface area contributed by atoms with Crippen LogP contribution in [0, 0.1) is 5.92 Å². The van der Waals surface area contributed by atoms with Crippen LogP contribution in [-0.4, -0.2) is 38.7 Å². The molecule has 0 bridgehead atoms. The number of fused-ring (bicyclic) bond motifs is 3. The molecule has 0 saturated carbocycles. The fraction of sp³-hybridized carbons (Fsp3) is 0.348. The minimum Gasteiger partial charge on any atom is -0.319 e. The molecule has 9 heteroatoms. The van der Waals surface area contributed by atoms with E-state index in [1.165, 1.54) is 0 Å². The number of halogens is 3. The van der Waals surface area contributed by atoms with E-state index >= 15 is 0 Å². The van der Waals surface area contributed by atoms with Gasteiger partial charge in [0.2, 0.25) is 5.82 Å². The highest BCUT2D eigenvalue weighted by atomic mass is 19.4. The van der Waals surface area contributed by atoms with Crippen LogP contribution in [0.5, 0.6) is 0 Å². The average molecular weight is 441 g/mol. The van der Waals surface area contributed by atoms with Crippen LogP contribution in [-0.2, 0) is 19.3 Å². The Hall–Kier alpha value is -3.20. The average Bonchev–Trinajstić information content (AvgIpc) is 3.37. The van der Waals surface area contributed by atoms with Crippen molar-refractivity contribution in [3.8, 4) is 0 Å². The molecule has 0 aliphatic carbocycles. The van der Waals surface area contributed by atoms with Gasteiger partial charge in [-0.25, -0.2) is 0 Å². The predicted molar refractivity (Wildman–Crippen MR) is 112 cm³/mol. The van der Waals surface area contributed by atoms with Crippen LogP contribution in [0.1, 0.15) is 39.9 Å². The lowest BCUT2D eigenvalue weighted by atomic mass is 9.89. The van der Waals surface area contributed by atoms with Crippen molar-refractivity contribution in [2.75, 3.05) is 18.4 Å². The first kappa shape index (κ1) is 20.7. The van der Waals surface area contributed by atoms with E-state index in [1.807, 2.05) is 34.9 Å². The van der Waals surface area contributed by atoms with Crippen molar-refractivity contribution in [1.82, 2.24) is 19.7 Å². The summed E-state index contributed by atoms with van der Waals surface area (Å²) in [6.07, 6.45) is -3.42. The Morgan fingerprint density at radius 1 is 1.03 bits per heavy atom. The number of carbonyl (C=O) groups is 1. The molecule has 2 atom stereocenters. The number of nitrogens with one attached hydrogen (secondary N) is 1. The van der Waals surface area contributed by atoms with Crippen molar-refractivity contribution in [2.24, 2.45) is 5.92 Å². The third-order valence-corrected chi connectivity index (χ3v) is 6.27. The number of hydrogen-bond acceptors (Lipinski definition) is 4. The number of nitrogens with zero attached hydrogens (tertiary/aromatic N) is 4. The van der Waals surface area contributed by atoms with Gasteiger partial charge in [-0.3, -0.25) is 9.69 Å². The zero-order valence-electron chi connectivity index (χ0n) is 17.2. The van der Waals surface area contributed by atoms with Gasteiger partial charge in [-0.15, -0.1) is 10.2 Å². The van der Waals surface area contributed by atoms with Crippen molar-refractivity contribution in [3.63, 3.8) is 0 Å². The monoisotopic (exact) mass is 441 g/mol. The molecule has 0 radical (unpaired) electrons. The van der Waals surface area contributed by atoms with E-state index in [0.717, 1.165) is 43.0 Å². The maximum atomic E-state index is 12.8. The summed E-state index contributed by atoms with van der Waals surface area (Å²) in [6, 6.07) is 14.6. The lowest BCUT2D eigenvalue weighted by molar-refractivity contribution is -0.137. The van der Waals surface area contributed by atoms with Gasteiger partial charge in [0, 0.05) is 37.8 Å². The number of carbonyl (C=O) groups excluding carboxylic acids is 1. The molecule has 32 heavy (non-hydrogen) atoms. The minimum absolute atomic E-state index is 0.156. The molecule has 3 heterocycles. The number of para-hydroxylation sites is 1. The number of rotatable bonds is 4. The van der Waals surface area contributed by atoms with Gasteiger partial charge in [-0.05, 0) is 42.2 Å². The van der Waals surface area contributed by atoms with Gasteiger partial charge < -0.3 is 9.88 Å². The van der Waals surface area contributed by atoms with Crippen molar-refractivity contribution in [3.05, 3.63) is 77.4 Å². The number of alkyl halides is 3. The Balaban J connectivity index is 1.28. The van der Waals surface area contributed by atoms with Crippen LogP contribution in [0.2, 0.25) is 0 Å². The van der Waals surface area contributed by atoms with Crippen molar-refractivity contribution < 1.29 is 18.0 Å². The summed E-state index contributed by atoms with van der Waals surface area (Å²) in [7, 11) is 0. The first-order valence-corrected chi connectivity index (χ1v) is 10.6. The predicted octanol–water partition coefficient (Wildman–Crippen LogP) is 4.17. The van der Waals surface area contributed by atoms with Crippen LogP contribution in [0.15, 0.2) is 54.6 Å². The molecule has 3 aromatic rings. The Bertz CT molecular complexity index is 1110. The Morgan fingerprint density at radius 3 is 2.50 bits per heavy atom. The van der Waals surface area contributed by atoms with E-state index in [9.17, 15) is 18.0 Å². The smallest absolute Gasteiger partial charge is 0.319 e. The molecule has 2 aromatic carbocycles. The summed E-state index contributed by atoms with van der Waals surface area (Å²) in [5.74, 6) is 1.39. The molecule has 0 spiro atoms. The molecule has 2 aliphatic heterocycles. The summed E-state index contributed by atoms with van der Waals surface area (Å²) < 4.78 is 40.3. The summed E-state index contributed by atoms with van der Waals surface area (Å²) in [5, 5.41) is 11.4. The third kappa shape index (κ3) is 4.00. The molecular formula is C23H22F3N5O. The normalized spacial score (nSPS) is 20.6. The van der Waals surface area contributed by atoms with E-state index < -0.39 is 11.7 Å². The van der Waals surface area contributed by atoms with Crippen LogP contribution >= 0.6 is 0 Å². The summed E-state index contributed by atoms with van der Waals surface area (Å²) in [4.78, 5) is 15.0. The van der Waals surface area contributed by atoms with Crippen LogP contribution in [0.4, 0.5) is 18.9 Å². The third-order valence-electron chi connectivity index (χ3n) is 6.27. The molecule has 166 valence electrons. The lowest BCUT2D eigenvalue weighted by Crippen LogP contribution is -2.27. The largest absolute Gasteiger partial charge is 0.416 e. The maximum Gasteiger partial charge on any atom is 0.416 e. The SMILES string of the molecule is O=C(Nc1ccccc1)c1nnc2n1CC[C@H]1CN(Cc3ccc(C(F)(F)F)cc3)C[C@H]21. The fourth-order valence-corrected chi connectivity index (χ4v) is 4.71. The van der Waals surface area contributed by atoms with Gasteiger partial charge >= 0.3 is 6.18 Å². The minimum atomic E-state index is -4.32. The standard InChI is InChI=1S/C23H22F3N5O/c24-23(25,26)17-8-6-15(7-9-17)12-30-13-16-10-11-31-20(19(16)14-30)28-29-21(31)22(32)27-18-4-2-1-3-5-18/h1-9,16,19H,10-14H2,(H,27,32)/t16-,19-/m0/s1. The number of hydrogen-bond donors (Lipinski definition) is 1. The maximum absolute atomic E-state index is 12.8. The molecule has 1 N–H and O–H groups in total. The quantitative estimate of drug-likeness (QED) is 0.660. The zero-order valence-corrected chi connectivity index (χ0v) is 17.2. The second kappa shape index (κ2) is 8.05. The van der Waals surface area contributed by atoms with E-state index in [4.69, 9.17) is 0 Å². The van der Waals surface area contributed by atoms with E-state index in [1.54, 1.807) is 12.1 Å². The Kier molecular flexibility index (Phi) is 5.21. The van der Waals surface area contributed by atoms with E-state index in [0.29, 0.717) is 30.5 Å². The van der Waals surface area contributed by atoms with Gasteiger partial charge in [0.05, 0.1) is 5.56 Å². The highest BCUT2D eigenvalue weighted by Crippen LogP contribution is 2.39. The number of anilines is 1. The molecule has 5 rings (SSSR count). The molecule has 2 aliphatic rings. The molecule has 1 saturated heterocycles. The van der Waals surface area contributed by atoms with Gasteiger partial charge in [0.15, 0.2) is 0 Å². The topological polar surface area (TPSA) is 63.1 Å². The molecule has 1 fully saturated rings. The summed E-state index contributed by atoms with van der Waals surface area (Å²) >= 11 is 0. The molecule has 0 unspecified atom stereocenters. The highest BCUT2D eigenvalue weighted by molar-refractivity contribution is 6.01. The molecule has 1 aromatic heterocycles. The van der Waals surface area contributed by atoms with E-state index in [2.05, 4.69) is 20.4 Å². The molecule has 1 amide bonds.